The van der Waals surface area contributed by atoms with E-state index in [-0.39, 0.29) is 5.92 Å². The molecular formula is C57H36N4OS. The third kappa shape index (κ3) is 5.79. The Hall–Kier alpha value is -7.93. The molecule has 12 aromatic rings. The zero-order valence-corrected chi connectivity index (χ0v) is 34.8. The van der Waals surface area contributed by atoms with Crippen LogP contribution in [0.3, 0.4) is 0 Å². The highest BCUT2D eigenvalue weighted by atomic mass is 32.1. The first-order chi connectivity index (χ1) is 31.2. The predicted molar refractivity (Wildman–Crippen MR) is 262 cm³/mol. The molecule has 4 heterocycles. The minimum atomic E-state index is 0.00761. The van der Waals surface area contributed by atoms with Crippen molar-refractivity contribution in [1.82, 2.24) is 19.5 Å². The minimum Gasteiger partial charge on any atom is -0.456 e. The van der Waals surface area contributed by atoms with Crippen molar-refractivity contribution < 1.29 is 4.42 Å². The number of aromatic nitrogens is 4. The highest BCUT2D eigenvalue weighted by molar-refractivity contribution is 7.26. The van der Waals surface area contributed by atoms with Crippen molar-refractivity contribution in [2.24, 2.45) is 0 Å². The van der Waals surface area contributed by atoms with Crippen LogP contribution in [0.5, 0.6) is 0 Å². The first kappa shape index (κ1) is 35.8. The van der Waals surface area contributed by atoms with Gasteiger partial charge in [0.1, 0.15) is 17.0 Å². The van der Waals surface area contributed by atoms with E-state index in [1.54, 1.807) is 0 Å². The maximum absolute atomic E-state index is 6.37. The van der Waals surface area contributed by atoms with Crippen LogP contribution in [-0.4, -0.2) is 19.5 Å². The smallest absolute Gasteiger partial charge is 0.163 e. The van der Waals surface area contributed by atoms with E-state index in [4.69, 9.17) is 19.4 Å². The molecule has 13 rings (SSSR count). The van der Waals surface area contributed by atoms with Crippen molar-refractivity contribution in [3.8, 4) is 50.7 Å². The Morgan fingerprint density at radius 3 is 1.89 bits per heavy atom. The Kier molecular flexibility index (Phi) is 8.14. The average Bonchev–Trinajstić information content (AvgIpc) is 4.04. The van der Waals surface area contributed by atoms with Gasteiger partial charge in [-0.1, -0.05) is 158 Å². The van der Waals surface area contributed by atoms with Gasteiger partial charge in [0.15, 0.2) is 11.6 Å². The summed E-state index contributed by atoms with van der Waals surface area (Å²) >= 11 is 1.87. The SMILES string of the molecule is C1=CCC(c2nc(-c3cc(-c4ccccc4)c(-n4c5ccccc5c5ccc6c7ccccc7sc6c54)c(-c4ccccc4)c3)nc(-c3ccc4c(c3)oc3ccccc34)n2)C=C1. The van der Waals surface area contributed by atoms with Crippen LogP contribution in [0, 0.1) is 0 Å². The average molecular weight is 825 g/mol. The van der Waals surface area contributed by atoms with Crippen LogP contribution in [0.1, 0.15) is 18.2 Å². The predicted octanol–water partition coefficient (Wildman–Crippen LogP) is 15.5. The Bertz CT molecular complexity index is 3780. The van der Waals surface area contributed by atoms with E-state index >= 15 is 0 Å². The highest BCUT2D eigenvalue weighted by Gasteiger charge is 2.25. The van der Waals surface area contributed by atoms with E-state index in [1.807, 2.05) is 29.5 Å². The van der Waals surface area contributed by atoms with Crippen LogP contribution in [0.25, 0.3) is 115 Å². The normalized spacial score (nSPS) is 14.0. The number of fused-ring (bicyclic) bond motifs is 10. The molecule has 1 aliphatic carbocycles. The number of hydrogen-bond donors (Lipinski definition) is 0. The van der Waals surface area contributed by atoms with E-state index in [0.717, 1.165) is 78.8 Å². The Morgan fingerprint density at radius 2 is 1.13 bits per heavy atom. The fourth-order valence-electron chi connectivity index (χ4n) is 9.60. The van der Waals surface area contributed by atoms with Gasteiger partial charge < -0.3 is 8.98 Å². The van der Waals surface area contributed by atoms with E-state index in [2.05, 4.69) is 187 Å². The number of furan rings is 1. The van der Waals surface area contributed by atoms with Crippen LogP contribution < -0.4 is 0 Å². The molecule has 0 amide bonds. The van der Waals surface area contributed by atoms with Crippen molar-refractivity contribution in [2.75, 3.05) is 0 Å². The molecule has 0 saturated carbocycles. The van der Waals surface area contributed by atoms with Crippen LogP contribution in [0.4, 0.5) is 0 Å². The molecular weight excluding hydrogens is 789 g/mol. The summed E-state index contributed by atoms with van der Waals surface area (Å²) in [5.74, 6) is 1.98. The van der Waals surface area contributed by atoms with Gasteiger partial charge in [-0.3, -0.25) is 0 Å². The summed E-state index contributed by atoms with van der Waals surface area (Å²) in [7, 11) is 0. The summed E-state index contributed by atoms with van der Waals surface area (Å²) in [6.45, 7) is 0. The summed E-state index contributed by atoms with van der Waals surface area (Å²) in [5, 5.41) is 7.16. The second kappa shape index (κ2) is 14.3. The van der Waals surface area contributed by atoms with E-state index in [1.165, 1.54) is 36.5 Å². The molecule has 6 heteroatoms. The molecule has 1 unspecified atom stereocenters. The molecule has 296 valence electrons. The molecule has 0 N–H and O–H groups in total. The van der Waals surface area contributed by atoms with Crippen molar-refractivity contribution in [1.29, 1.82) is 0 Å². The number of allylic oxidation sites excluding steroid dienone is 4. The first-order valence-electron chi connectivity index (χ1n) is 21.4. The fraction of sp³-hybridized carbons (Fsp3) is 0.0351. The van der Waals surface area contributed by atoms with Gasteiger partial charge >= 0.3 is 0 Å². The Balaban J connectivity index is 1.12. The molecule has 0 spiro atoms. The summed E-state index contributed by atoms with van der Waals surface area (Å²) in [6.07, 6.45) is 9.37. The second-order valence-electron chi connectivity index (χ2n) is 16.2. The van der Waals surface area contributed by atoms with Gasteiger partial charge in [0.25, 0.3) is 0 Å². The van der Waals surface area contributed by atoms with Gasteiger partial charge in [-0.2, -0.15) is 0 Å². The largest absolute Gasteiger partial charge is 0.456 e. The van der Waals surface area contributed by atoms with Gasteiger partial charge in [-0.25, -0.2) is 15.0 Å². The van der Waals surface area contributed by atoms with Crippen molar-refractivity contribution in [2.45, 2.75) is 12.3 Å². The van der Waals surface area contributed by atoms with Gasteiger partial charge in [0.05, 0.1) is 21.4 Å². The topological polar surface area (TPSA) is 56.7 Å². The lowest BCUT2D eigenvalue weighted by Gasteiger charge is -2.21. The number of hydrogen-bond acceptors (Lipinski definition) is 5. The monoisotopic (exact) mass is 824 g/mol. The number of benzene rings is 8. The molecule has 0 radical (unpaired) electrons. The summed E-state index contributed by atoms with van der Waals surface area (Å²) in [6, 6.07) is 62.8. The highest BCUT2D eigenvalue weighted by Crippen LogP contribution is 2.47. The van der Waals surface area contributed by atoms with Crippen molar-refractivity contribution in [3.63, 3.8) is 0 Å². The fourth-order valence-corrected chi connectivity index (χ4v) is 10.8. The third-order valence-electron chi connectivity index (χ3n) is 12.5. The zero-order valence-electron chi connectivity index (χ0n) is 33.9. The lowest BCUT2D eigenvalue weighted by Crippen LogP contribution is -2.08. The summed E-state index contributed by atoms with van der Waals surface area (Å²) in [5.41, 5.74) is 11.3. The lowest BCUT2D eigenvalue weighted by molar-refractivity contribution is 0.669. The number of thiophene rings is 1. The van der Waals surface area contributed by atoms with Crippen molar-refractivity contribution >= 4 is 75.3 Å². The molecule has 1 aliphatic rings. The lowest BCUT2D eigenvalue weighted by atomic mass is 9.92. The quantitative estimate of drug-likeness (QED) is 0.168. The molecule has 0 saturated heterocycles. The number of para-hydroxylation sites is 2. The maximum atomic E-state index is 6.37. The number of rotatable bonds is 6. The molecule has 0 bridgehead atoms. The van der Waals surface area contributed by atoms with Crippen molar-refractivity contribution in [3.05, 3.63) is 206 Å². The molecule has 8 aromatic carbocycles. The van der Waals surface area contributed by atoms with Crippen LogP contribution in [-0.2, 0) is 0 Å². The van der Waals surface area contributed by atoms with E-state index in [0.29, 0.717) is 11.6 Å². The maximum Gasteiger partial charge on any atom is 0.163 e. The Labute approximate surface area is 366 Å². The van der Waals surface area contributed by atoms with Gasteiger partial charge in [0.2, 0.25) is 0 Å². The standard InChI is InChI=1S/C57H36N4OS/c1-4-16-35(17-5-1)46-32-39(57-59-55(37-20-8-3-9-21-37)58-56(60-57)38-28-29-42-41-23-11-14-26-49(41)62-50(42)34-38)33-47(36-18-6-2-7-19-36)52(46)61-48-25-13-10-22-40(48)44-30-31-45-43-24-12-15-27-51(43)63-54(45)53(44)61/h1-20,22-34,37H,21H2. The molecule has 63 heavy (non-hydrogen) atoms. The molecule has 0 fully saturated rings. The minimum absolute atomic E-state index is 0.00761. The molecule has 4 aromatic heterocycles. The third-order valence-corrected chi connectivity index (χ3v) is 13.7. The molecule has 0 aliphatic heterocycles. The summed E-state index contributed by atoms with van der Waals surface area (Å²) < 4.78 is 11.4. The molecule has 1 atom stereocenters. The molecule has 5 nitrogen and oxygen atoms in total. The number of nitrogens with zero attached hydrogens (tertiary/aromatic N) is 4. The zero-order chi connectivity index (χ0) is 41.4. The first-order valence-corrected chi connectivity index (χ1v) is 22.2. The summed E-state index contributed by atoms with van der Waals surface area (Å²) in [4.78, 5) is 15.9. The van der Waals surface area contributed by atoms with Crippen LogP contribution in [0.15, 0.2) is 205 Å². The van der Waals surface area contributed by atoms with Gasteiger partial charge in [0, 0.05) is 65.2 Å². The Morgan fingerprint density at radius 1 is 0.492 bits per heavy atom. The van der Waals surface area contributed by atoms with Crippen LogP contribution in [0.2, 0.25) is 0 Å². The van der Waals surface area contributed by atoms with Crippen LogP contribution >= 0.6 is 11.3 Å². The van der Waals surface area contributed by atoms with Gasteiger partial charge in [-0.15, -0.1) is 11.3 Å². The van der Waals surface area contributed by atoms with Gasteiger partial charge in [-0.05, 0) is 60.0 Å². The van der Waals surface area contributed by atoms with E-state index < -0.39 is 0 Å². The second-order valence-corrected chi connectivity index (χ2v) is 17.3. The van der Waals surface area contributed by atoms with E-state index in [9.17, 15) is 0 Å².